The molecule has 0 radical (unpaired) electrons. The van der Waals surface area contributed by atoms with E-state index in [2.05, 4.69) is 28.1 Å². The van der Waals surface area contributed by atoms with Crippen LogP contribution in [0, 0.1) is 23.5 Å². The van der Waals surface area contributed by atoms with Crippen LogP contribution in [0.15, 0.2) is 89.7 Å². The highest BCUT2D eigenvalue weighted by Crippen LogP contribution is 2.36. The van der Waals surface area contributed by atoms with Crippen molar-refractivity contribution in [3.8, 4) is 11.6 Å². The van der Waals surface area contributed by atoms with E-state index in [0.29, 0.717) is 24.2 Å². The molecule has 1 amide bonds. The van der Waals surface area contributed by atoms with Crippen LogP contribution in [0.5, 0.6) is 11.6 Å². The Bertz CT molecular complexity index is 1310. The van der Waals surface area contributed by atoms with Gasteiger partial charge in [-0.3, -0.25) is 4.79 Å². The molecule has 1 fully saturated rings. The molecule has 1 aromatic heterocycles. The van der Waals surface area contributed by atoms with Gasteiger partial charge in [0.15, 0.2) is 5.82 Å². The quantitative estimate of drug-likeness (QED) is 0.283. The number of halogens is 2. The van der Waals surface area contributed by atoms with E-state index in [1.807, 2.05) is 19.1 Å². The first-order chi connectivity index (χ1) is 17.4. The number of nitrogens with zero attached hydrogens (tertiary/aromatic N) is 4. The number of carbonyl (C=O) groups is 1. The Kier molecular flexibility index (Phi) is 7.63. The zero-order valence-electron chi connectivity index (χ0n) is 19.9. The van der Waals surface area contributed by atoms with E-state index >= 15 is 4.39 Å². The summed E-state index contributed by atoms with van der Waals surface area (Å²) in [5.74, 6) is -1.44. The average Bonchev–Trinajstić information content (AvgIpc) is 3.36. The van der Waals surface area contributed by atoms with Gasteiger partial charge < -0.3 is 9.64 Å². The molecule has 1 aliphatic heterocycles. The topological polar surface area (TPSA) is 67.2 Å². The molecule has 184 valence electrons. The lowest BCUT2D eigenvalue weighted by molar-refractivity contribution is -0.125. The molecule has 6 nitrogen and oxygen atoms in total. The Morgan fingerprint density at radius 1 is 1.25 bits per heavy atom. The molecule has 0 N–H and O–H groups in total. The number of carbonyl (C=O) groups excluding carboxylic acids is 1. The van der Waals surface area contributed by atoms with Crippen molar-refractivity contribution in [2.75, 3.05) is 13.1 Å². The van der Waals surface area contributed by atoms with Gasteiger partial charge in [0.05, 0.1) is 5.71 Å². The number of rotatable bonds is 7. The van der Waals surface area contributed by atoms with E-state index in [1.165, 1.54) is 43.0 Å². The molecule has 36 heavy (non-hydrogen) atoms. The second-order valence-electron chi connectivity index (χ2n) is 8.48. The molecule has 2 atom stereocenters. The molecule has 8 heteroatoms. The molecule has 2 unspecified atom stereocenters. The largest absolute Gasteiger partial charge is 0.436 e. The van der Waals surface area contributed by atoms with Crippen LogP contribution in [0.2, 0.25) is 0 Å². The molecule has 2 aromatic rings. The summed E-state index contributed by atoms with van der Waals surface area (Å²) in [6.07, 6.45) is 10.2. The third kappa shape index (κ3) is 5.38. The minimum absolute atomic E-state index is 0.0359. The summed E-state index contributed by atoms with van der Waals surface area (Å²) in [5.41, 5.74) is 2.82. The van der Waals surface area contributed by atoms with Crippen molar-refractivity contribution in [3.63, 3.8) is 0 Å². The standard InChI is InChI=1S/C28H26F2N4O2/c1-4-26(35)34-12-10-19(16-34)23-14-20(13-18(3)27(23)33-17-31-5-2)22-9-8-21(15-25(22)30)36-28-24(29)7-6-11-32-28/h4-9,11,13-15,17-19H,1-2,10,12,16H2,3H3. The lowest BCUT2D eigenvalue weighted by atomic mass is 9.80. The average molecular weight is 489 g/mol. The summed E-state index contributed by atoms with van der Waals surface area (Å²) < 4.78 is 34.5. The summed E-state index contributed by atoms with van der Waals surface area (Å²) in [6, 6.07) is 7.06. The summed E-state index contributed by atoms with van der Waals surface area (Å²) in [6.45, 7) is 10.3. The van der Waals surface area contributed by atoms with Gasteiger partial charge in [0.1, 0.15) is 17.9 Å². The molecule has 2 aliphatic rings. The maximum absolute atomic E-state index is 15.2. The van der Waals surface area contributed by atoms with Crippen LogP contribution in [0.3, 0.4) is 0 Å². The molecule has 4 rings (SSSR count). The summed E-state index contributed by atoms with van der Waals surface area (Å²) >= 11 is 0. The zero-order valence-corrected chi connectivity index (χ0v) is 19.9. The number of likely N-dealkylation sites (tertiary alicyclic amines) is 1. The Balaban J connectivity index is 1.66. The maximum Gasteiger partial charge on any atom is 0.255 e. The number of amides is 1. The number of hydrogen-bond donors (Lipinski definition) is 0. The number of allylic oxidation sites excluding steroid dienone is 3. The normalized spacial score (nSPS) is 20.9. The Hall–Kier alpha value is -4.20. The van der Waals surface area contributed by atoms with Crippen LogP contribution in [-0.4, -0.2) is 40.9 Å². The van der Waals surface area contributed by atoms with Crippen molar-refractivity contribution >= 4 is 23.5 Å². The number of benzene rings is 1. The van der Waals surface area contributed by atoms with Gasteiger partial charge in [0.25, 0.3) is 5.88 Å². The van der Waals surface area contributed by atoms with E-state index in [9.17, 15) is 9.18 Å². The van der Waals surface area contributed by atoms with Crippen LogP contribution in [0.25, 0.3) is 5.57 Å². The van der Waals surface area contributed by atoms with Gasteiger partial charge in [-0.15, -0.1) is 0 Å². The highest BCUT2D eigenvalue weighted by Gasteiger charge is 2.33. The van der Waals surface area contributed by atoms with Crippen molar-refractivity contribution in [1.82, 2.24) is 9.88 Å². The molecular formula is C28H26F2N4O2. The maximum atomic E-state index is 15.2. The molecule has 1 aromatic carbocycles. The summed E-state index contributed by atoms with van der Waals surface area (Å²) in [7, 11) is 0. The third-order valence-electron chi connectivity index (χ3n) is 6.14. The van der Waals surface area contributed by atoms with Gasteiger partial charge in [-0.05, 0) is 54.0 Å². The fourth-order valence-corrected chi connectivity index (χ4v) is 4.42. The number of aliphatic imine (C=N–C) groups is 2. The van der Waals surface area contributed by atoms with E-state index in [0.717, 1.165) is 17.7 Å². The monoisotopic (exact) mass is 488 g/mol. The fraction of sp³-hybridized carbons (Fsp3) is 0.214. The minimum Gasteiger partial charge on any atom is -0.436 e. The second-order valence-corrected chi connectivity index (χ2v) is 8.48. The van der Waals surface area contributed by atoms with Crippen molar-refractivity contribution < 1.29 is 18.3 Å². The van der Waals surface area contributed by atoms with Gasteiger partial charge in [0.2, 0.25) is 5.91 Å². The Labute approximate surface area is 208 Å². The Morgan fingerprint density at radius 3 is 2.81 bits per heavy atom. The summed E-state index contributed by atoms with van der Waals surface area (Å²) in [4.78, 5) is 26.3. The third-order valence-corrected chi connectivity index (χ3v) is 6.14. The van der Waals surface area contributed by atoms with Crippen molar-refractivity contribution in [1.29, 1.82) is 0 Å². The van der Waals surface area contributed by atoms with E-state index < -0.39 is 11.6 Å². The van der Waals surface area contributed by atoms with Crippen molar-refractivity contribution in [3.05, 3.63) is 96.9 Å². The predicted octanol–water partition coefficient (Wildman–Crippen LogP) is 5.76. The zero-order chi connectivity index (χ0) is 25.7. The van der Waals surface area contributed by atoms with E-state index in [1.54, 1.807) is 17.0 Å². The first-order valence-electron chi connectivity index (χ1n) is 11.5. The molecular weight excluding hydrogens is 462 g/mol. The van der Waals surface area contributed by atoms with Crippen molar-refractivity contribution in [2.45, 2.75) is 13.3 Å². The van der Waals surface area contributed by atoms with Gasteiger partial charge in [-0.1, -0.05) is 26.2 Å². The molecule has 0 saturated carbocycles. The first kappa shape index (κ1) is 24.9. The van der Waals surface area contributed by atoms with Crippen LogP contribution < -0.4 is 4.74 Å². The molecule has 1 saturated heterocycles. The first-order valence-corrected chi connectivity index (χ1v) is 11.5. The second kappa shape index (κ2) is 11.0. The Morgan fingerprint density at radius 2 is 2.08 bits per heavy atom. The molecule has 2 heterocycles. The number of hydrogen-bond acceptors (Lipinski definition) is 4. The fourth-order valence-electron chi connectivity index (χ4n) is 4.42. The smallest absolute Gasteiger partial charge is 0.255 e. The van der Waals surface area contributed by atoms with Gasteiger partial charge in [0, 0.05) is 49.0 Å². The van der Waals surface area contributed by atoms with Gasteiger partial charge >= 0.3 is 0 Å². The van der Waals surface area contributed by atoms with Crippen LogP contribution in [0.4, 0.5) is 8.78 Å². The lowest BCUT2D eigenvalue weighted by Gasteiger charge is -2.26. The lowest BCUT2D eigenvalue weighted by Crippen LogP contribution is -2.29. The highest BCUT2D eigenvalue weighted by molar-refractivity contribution is 6.10. The van der Waals surface area contributed by atoms with E-state index in [-0.39, 0.29) is 29.4 Å². The number of ether oxygens (including phenoxy) is 1. The van der Waals surface area contributed by atoms with Crippen LogP contribution in [-0.2, 0) is 4.79 Å². The van der Waals surface area contributed by atoms with Crippen LogP contribution >= 0.6 is 0 Å². The van der Waals surface area contributed by atoms with Gasteiger partial charge in [-0.25, -0.2) is 23.7 Å². The highest BCUT2D eigenvalue weighted by atomic mass is 19.1. The predicted molar refractivity (Wildman–Crippen MR) is 137 cm³/mol. The minimum atomic E-state index is -0.634. The van der Waals surface area contributed by atoms with Gasteiger partial charge in [-0.2, -0.15) is 0 Å². The molecule has 1 aliphatic carbocycles. The van der Waals surface area contributed by atoms with E-state index in [4.69, 9.17) is 4.74 Å². The molecule has 0 bridgehead atoms. The number of aromatic nitrogens is 1. The SMILES string of the molecule is C=CN=CN=C1C(C2CCN(C(=O)C=C)C2)=CC(c2ccc(Oc3ncccc3F)cc2F)=CC1C. The number of pyridine rings is 1. The van der Waals surface area contributed by atoms with Crippen LogP contribution in [0.1, 0.15) is 18.9 Å². The molecule has 0 spiro atoms. The van der Waals surface area contributed by atoms with Crippen molar-refractivity contribution in [2.24, 2.45) is 21.8 Å². The summed E-state index contributed by atoms with van der Waals surface area (Å²) in [5, 5.41) is 0.